The highest BCUT2D eigenvalue weighted by Crippen LogP contribution is 2.09. The first-order valence-corrected chi connectivity index (χ1v) is 6.68. The molecular formula is C11H21NO3S. The van der Waals surface area contributed by atoms with E-state index >= 15 is 0 Å². The molecule has 0 rings (SSSR count). The second-order valence-electron chi connectivity index (χ2n) is 4.08. The molecule has 0 aromatic carbocycles. The lowest BCUT2D eigenvalue weighted by Gasteiger charge is -2.14. The van der Waals surface area contributed by atoms with Gasteiger partial charge < -0.3 is 10.4 Å². The summed E-state index contributed by atoms with van der Waals surface area (Å²) in [5, 5.41) is 11.3. The van der Waals surface area contributed by atoms with E-state index in [1.165, 1.54) is 0 Å². The van der Waals surface area contributed by atoms with Crippen LogP contribution >= 0.6 is 11.8 Å². The number of hydrogen-bond donors (Lipinski definition) is 2. The van der Waals surface area contributed by atoms with Gasteiger partial charge in [-0.15, -0.1) is 0 Å². The van der Waals surface area contributed by atoms with Crippen LogP contribution in [0.5, 0.6) is 0 Å². The minimum Gasteiger partial charge on any atom is -0.481 e. The van der Waals surface area contributed by atoms with E-state index < -0.39 is 5.97 Å². The fourth-order valence-corrected chi connectivity index (χ4v) is 1.74. The molecule has 5 heteroatoms. The first-order chi connectivity index (χ1) is 7.45. The zero-order valence-electron chi connectivity index (χ0n) is 10.2. The van der Waals surface area contributed by atoms with Gasteiger partial charge in [0.15, 0.2) is 0 Å². The molecule has 0 bridgehead atoms. The van der Waals surface area contributed by atoms with Crippen LogP contribution in [0.1, 0.15) is 27.2 Å². The van der Waals surface area contributed by atoms with Crippen molar-refractivity contribution in [1.29, 1.82) is 0 Å². The van der Waals surface area contributed by atoms with Gasteiger partial charge in [-0.1, -0.05) is 20.8 Å². The summed E-state index contributed by atoms with van der Waals surface area (Å²) in [6, 6.07) is 0. The highest BCUT2D eigenvalue weighted by atomic mass is 32.2. The molecular weight excluding hydrogens is 226 g/mol. The number of nitrogens with one attached hydrogen (secondary N) is 1. The van der Waals surface area contributed by atoms with Gasteiger partial charge in [0, 0.05) is 24.0 Å². The fourth-order valence-electron chi connectivity index (χ4n) is 0.972. The summed E-state index contributed by atoms with van der Waals surface area (Å²) < 4.78 is 0. The van der Waals surface area contributed by atoms with Gasteiger partial charge in [-0.3, -0.25) is 9.59 Å². The molecule has 4 nitrogen and oxygen atoms in total. The van der Waals surface area contributed by atoms with E-state index in [9.17, 15) is 9.59 Å². The minimum absolute atomic E-state index is 0.0315. The highest BCUT2D eigenvalue weighted by molar-refractivity contribution is 7.99. The summed E-state index contributed by atoms with van der Waals surface area (Å²) in [7, 11) is 0. The Labute approximate surface area is 101 Å². The third-order valence-corrected chi connectivity index (χ3v) is 3.41. The maximum atomic E-state index is 11.5. The molecule has 0 spiro atoms. The maximum Gasteiger partial charge on any atom is 0.304 e. The minimum atomic E-state index is -0.773. The van der Waals surface area contributed by atoms with Crippen molar-refractivity contribution in [2.24, 2.45) is 11.8 Å². The topological polar surface area (TPSA) is 66.4 Å². The summed E-state index contributed by atoms with van der Waals surface area (Å²) in [5.41, 5.74) is 0. The van der Waals surface area contributed by atoms with E-state index in [0.717, 1.165) is 5.75 Å². The molecule has 1 unspecified atom stereocenters. The molecule has 0 aromatic rings. The Balaban J connectivity index is 3.45. The first-order valence-electron chi connectivity index (χ1n) is 5.52. The fraction of sp³-hybridized carbons (Fsp3) is 0.818. The van der Waals surface area contributed by atoms with E-state index in [2.05, 4.69) is 5.32 Å². The summed E-state index contributed by atoms with van der Waals surface area (Å²) in [6.45, 7) is 6.56. The van der Waals surface area contributed by atoms with Crippen LogP contribution in [-0.4, -0.2) is 35.0 Å². The van der Waals surface area contributed by atoms with Gasteiger partial charge in [0.2, 0.25) is 5.91 Å². The van der Waals surface area contributed by atoms with E-state index in [4.69, 9.17) is 5.11 Å². The number of carbonyl (C=O) groups is 2. The molecule has 94 valence electrons. The van der Waals surface area contributed by atoms with Crippen LogP contribution in [0, 0.1) is 11.8 Å². The Morgan fingerprint density at radius 1 is 1.25 bits per heavy atom. The zero-order valence-corrected chi connectivity index (χ0v) is 11.0. The molecule has 16 heavy (non-hydrogen) atoms. The van der Waals surface area contributed by atoms with Crippen LogP contribution in [0.3, 0.4) is 0 Å². The third kappa shape index (κ3) is 7.56. The number of carbonyl (C=O) groups excluding carboxylic acids is 1. The Morgan fingerprint density at radius 3 is 2.38 bits per heavy atom. The van der Waals surface area contributed by atoms with Gasteiger partial charge in [-0.25, -0.2) is 0 Å². The lowest BCUT2D eigenvalue weighted by atomic mass is 9.97. The zero-order chi connectivity index (χ0) is 12.6. The summed E-state index contributed by atoms with van der Waals surface area (Å²) in [6.07, 6.45) is 0.182. The van der Waals surface area contributed by atoms with Crippen molar-refractivity contribution in [1.82, 2.24) is 5.32 Å². The van der Waals surface area contributed by atoms with Crippen LogP contribution in [0.15, 0.2) is 0 Å². The standard InChI is InChI=1S/C11H21NO3S/c1-8(2)9(3)11(15)12-5-7-16-6-4-10(13)14/h8-9H,4-7H2,1-3H3,(H,12,15)(H,13,14). The number of aliphatic carboxylic acids is 1. The second kappa shape index (κ2) is 8.44. The van der Waals surface area contributed by atoms with Crippen molar-refractivity contribution in [3.05, 3.63) is 0 Å². The summed E-state index contributed by atoms with van der Waals surface area (Å²) in [4.78, 5) is 21.7. The van der Waals surface area contributed by atoms with Gasteiger partial charge >= 0.3 is 5.97 Å². The molecule has 0 fully saturated rings. The molecule has 0 aliphatic rings. The van der Waals surface area contributed by atoms with Crippen LogP contribution in [-0.2, 0) is 9.59 Å². The monoisotopic (exact) mass is 247 g/mol. The quantitative estimate of drug-likeness (QED) is 0.639. The van der Waals surface area contributed by atoms with E-state index in [-0.39, 0.29) is 18.2 Å². The van der Waals surface area contributed by atoms with Crippen LogP contribution in [0.25, 0.3) is 0 Å². The molecule has 0 aliphatic carbocycles. The van der Waals surface area contributed by atoms with E-state index in [1.807, 2.05) is 20.8 Å². The number of rotatable bonds is 8. The van der Waals surface area contributed by atoms with Gasteiger partial charge in [-0.05, 0) is 5.92 Å². The van der Waals surface area contributed by atoms with Crippen LogP contribution < -0.4 is 5.32 Å². The predicted molar refractivity (Wildman–Crippen MR) is 66.6 cm³/mol. The van der Waals surface area contributed by atoms with Crippen molar-refractivity contribution in [2.75, 3.05) is 18.1 Å². The highest BCUT2D eigenvalue weighted by Gasteiger charge is 2.15. The van der Waals surface area contributed by atoms with Crippen molar-refractivity contribution in [2.45, 2.75) is 27.2 Å². The van der Waals surface area contributed by atoms with E-state index in [1.54, 1.807) is 11.8 Å². The summed E-state index contributed by atoms with van der Waals surface area (Å²) in [5.74, 6) is 1.05. The molecule has 0 aliphatic heterocycles. The maximum absolute atomic E-state index is 11.5. The molecule has 0 heterocycles. The second-order valence-corrected chi connectivity index (χ2v) is 5.30. The molecule has 1 atom stereocenters. The molecule has 1 amide bonds. The van der Waals surface area contributed by atoms with Crippen LogP contribution in [0.2, 0.25) is 0 Å². The lowest BCUT2D eigenvalue weighted by molar-refractivity contribution is -0.136. The normalized spacial score (nSPS) is 12.5. The van der Waals surface area contributed by atoms with Crippen LogP contribution in [0.4, 0.5) is 0 Å². The average molecular weight is 247 g/mol. The molecule has 0 saturated carbocycles. The predicted octanol–water partition coefficient (Wildman–Crippen LogP) is 1.60. The van der Waals surface area contributed by atoms with E-state index in [0.29, 0.717) is 18.2 Å². The Morgan fingerprint density at radius 2 is 1.88 bits per heavy atom. The van der Waals surface area contributed by atoms with Crippen molar-refractivity contribution in [3.63, 3.8) is 0 Å². The Bertz CT molecular complexity index is 231. The van der Waals surface area contributed by atoms with Crippen molar-refractivity contribution < 1.29 is 14.7 Å². The average Bonchev–Trinajstić information content (AvgIpc) is 2.21. The first kappa shape index (κ1) is 15.3. The van der Waals surface area contributed by atoms with Gasteiger partial charge in [0.1, 0.15) is 0 Å². The Kier molecular flexibility index (Phi) is 8.07. The summed E-state index contributed by atoms with van der Waals surface area (Å²) >= 11 is 1.55. The molecule has 0 saturated heterocycles. The SMILES string of the molecule is CC(C)C(C)C(=O)NCCSCCC(=O)O. The van der Waals surface area contributed by atoms with Gasteiger partial charge in [-0.2, -0.15) is 11.8 Å². The Hall–Kier alpha value is -0.710. The van der Waals surface area contributed by atoms with Gasteiger partial charge in [0.25, 0.3) is 0 Å². The van der Waals surface area contributed by atoms with Gasteiger partial charge in [0.05, 0.1) is 6.42 Å². The third-order valence-electron chi connectivity index (χ3n) is 2.42. The van der Waals surface area contributed by atoms with Crippen molar-refractivity contribution >= 4 is 23.6 Å². The smallest absolute Gasteiger partial charge is 0.304 e. The molecule has 0 radical (unpaired) electrons. The number of hydrogen-bond acceptors (Lipinski definition) is 3. The molecule has 0 aromatic heterocycles. The molecule has 2 N–H and O–H groups in total. The number of thioether (sulfide) groups is 1. The number of carboxylic acid groups (broad SMARTS) is 1. The lowest BCUT2D eigenvalue weighted by Crippen LogP contribution is -2.33. The number of carboxylic acids is 1. The largest absolute Gasteiger partial charge is 0.481 e. The number of amides is 1. The van der Waals surface area contributed by atoms with Crippen molar-refractivity contribution in [3.8, 4) is 0 Å².